The molecule has 0 saturated carbocycles. The van der Waals surface area contributed by atoms with Gasteiger partial charge < -0.3 is 11.5 Å². The Morgan fingerprint density at radius 1 is 1.20 bits per heavy atom. The van der Waals surface area contributed by atoms with Crippen molar-refractivity contribution < 1.29 is 0 Å². The summed E-state index contributed by atoms with van der Waals surface area (Å²) in [5.74, 6) is 0.171. The fraction of sp³-hybridized carbons (Fsp3) is 0.235. The third-order valence-electron chi connectivity index (χ3n) is 4.32. The number of aryl methyl sites for hydroxylation is 2. The molecule has 25 heavy (non-hydrogen) atoms. The quantitative estimate of drug-likeness (QED) is 0.716. The predicted octanol–water partition coefficient (Wildman–Crippen LogP) is 1.30. The van der Waals surface area contributed by atoms with Crippen molar-refractivity contribution in [2.75, 3.05) is 5.73 Å². The van der Waals surface area contributed by atoms with E-state index in [-0.39, 0.29) is 23.4 Å². The van der Waals surface area contributed by atoms with Gasteiger partial charge in [0.25, 0.3) is 5.56 Å². The van der Waals surface area contributed by atoms with Crippen molar-refractivity contribution in [3.8, 4) is 11.1 Å². The summed E-state index contributed by atoms with van der Waals surface area (Å²) in [7, 11) is 2.96. The third-order valence-corrected chi connectivity index (χ3v) is 4.63. The van der Waals surface area contributed by atoms with E-state index < -0.39 is 11.2 Å². The zero-order valence-corrected chi connectivity index (χ0v) is 14.9. The molecule has 0 radical (unpaired) electrons. The van der Waals surface area contributed by atoms with E-state index >= 15 is 0 Å². The van der Waals surface area contributed by atoms with E-state index in [9.17, 15) is 9.59 Å². The minimum Gasteiger partial charge on any atom is -0.383 e. The van der Waals surface area contributed by atoms with Crippen molar-refractivity contribution >= 4 is 28.5 Å². The summed E-state index contributed by atoms with van der Waals surface area (Å²) in [4.78, 5) is 29.3. The maximum atomic E-state index is 12.8. The van der Waals surface area contributed by atoms with Gasteiger partial charge in [-0.2, -0.15) is 0 Å². The van der Waals surface area contributed by atoms with E-state index in [0.29, 0.717) is 21.7 Å². The molecule has 0 aliphatic rings. The third kappa shape index (κ3) is 2.52. The maximum Gasteiger partial charge on any atom is 0.332 e. The van der Waals surface area contributed by atoms with Crippen LogP contribution in [-0.4, -0.2) is 14.1 Å². The lowest BCUT2D eigenvalue weighted by molar-refractivity contribution is 0.708. The van der Waals surface area contributed by atoms with Gasteiger partial charge in [0.1, 0.15) is 5.82 Å². The lowest BCUT2D eigenvalue weighted by atomic mass is 9.96. The Labute approximate surface area is 148 Å². The average Bonchev–Trinajstić information content (AvgIpc) is 2.57. The van der Waals surface area contributed by atoms with Crippen LogP contribution in [0.3, 0.4) is 0 Å². The molecule has 0 spiro atoms. The molecule has 7 nitrogen and oxygen atoms in total. The second-order valence-corrected chi connectivity index (χ2v) is 6.35. The zero-order chi connectivity index (χ0) is 18.5. The summed E-state index contributed by atoms with van der Waals surface area (Å²) in [6, 6.07) is 5.50. The van der Waals surface area contributed by atoms with Gasteiger partial charge in [0.05, 0.1) is 5.39 Å². The Kier molecular flexibility index (Phi) is 4.14. The molecular formula is C17H18ClN5O2. The summed E-state index contributed by atoms with van der Waals surface area (Å²) in [5, 5.41) is 0.738. The van der Waals surface area contributed by atoms with Crippen LogP contribution in [0.1, 0.15) is 11.1 Å². The Morgan fingerprint density at radius 2 is 1.88 bits per heavy atom. The van der Waals surface area contributed by atoms with Gasteiger partial charge in [-0.15, -0.1) is 0 Å². The Hall–Kier alpha value is -2.64. The van der Waals surface area contributed by atoms with Crippen molar-refractivity contribution in [2.24, 2.45) is 19.8 Å². The van der Waals surface area contributed by atoms with Crippen LogP contribution in [0.2, 0.25) is 5.02 Å². The minimum atomic E-state index is -0.481. The lowest BCUT2D eigenvalue weighted by Crippen LogP contribution is -2.38. The summed E-state index contributed by atoms with van der Waals surface area (Å²) in [5.41, 5.74) is 13.8. The first kappa shape index (κ1) is 17.2. The predicted molar refractivity (Wildman–Crippen MR) is 99.7 cm³/mol. The van der Waals surface area contributed by atoms with E-state index in [0.717, 1.165) is 10.1 Å². The normalized spacial score (nSPS) is 11.2. The molecule has 0 saturated heterocycles. The summed E-state index contributed by atoms with van der Waals surface area (Å²) < 4.78 is 2.32. The summed E-state index contributed by atoms with van der Waals surface area (Å²) in [6.45, 7) is 2.00. The van der Waals surface area contributed by atoms with Gasteiger partial charge in [-0.25, -0.2) is 9.78 Å². The van der Waals surface area contributed by atoms with E-state index in [1.807, 2.05) is 19.1 Å². The van der Waals surface area contributed by atoms with E-state index in [2.05, 4.69) is 4.98 Å². The molecule has 2 aromatic heterocycles. The number of fused-ring (bicyclic) bond motifs is 1. The van der Waals surface area contributed by atoms with Crippen molar-refractivity contribution in [3.05, 3.63) is 55.2 Å². The zero-order valence-electron chi connectivity index (χ0n) is 14.1. The number of halogens is 1. The molecule has 0 atom stereocenters. The van der Waals surface area contributed by atoms with Gasteiger partial charge in [0, 0.05) is 42.4 Å². The van der Waals surface area contributed by atoms with Gasteiger partial charge in [-0.3, -0.25) is 13.9 Å². The van der Waals surface area contributed by atoms with Crippen LogP contribution >= 0.6 is 11.6 Å². The van der Waals surface area contributed by atoms with Crippen LogP contribution in [0.25, 0.3) is 22.2 Å². The largest absolute Gasteiger partial charge is 0.383 e. The first-order valence-electron chi connectivity index (χ1n) is 7.62. The second-order valence-electron chi connectivity index (χ2n) is 5.94. The van der Waals surface area contributed by atoms with Gasteiger partial charge in [0.2, 0.25) is 0 Å². The molecule has 3 rings (SSSR count). The van der Waals surface area contributed by atoms with Crippen LogP contribution in [0, 0.1) is 6.92 Å². The second kappa shape index (κ2) is 6.02. The van der Waals surface area contributed by atoms with Crippen LogP contribution in [0.4, 0.5) is 5.82 Å². The number of hydrogen-bond acceptors (Lipinski definition) is 5. The highest BCUT2D eigenvalue weighted by Gasteiger charge is 2.22. The molecule has 0 aliphatic heterocycles. The number of nitrogens with zero attached hydrogens (tertiary/aromatic N) is 3. The Bertz CT molecular complexity index is 1130. The number of aromatic nitrogens is 3. The van der Waals surface area contributed by atoms with Crippen LogP contribution in [0.5, 0.6) is 0 Å². The standard InChI is InChI=1S/C17H18ClN5O2/c1-8-4-5-9(11(18)6-8)12-10(7-19)14(20)21-15-13(12)16(24)23(3)17(25)22(15)2/h4-6H,7,19H2,1-3H3,(H2,20,21). The van der Waals surface area contributed by atoms with E-state index in [1.54, 1.807) is 13.1 Å². The molecule has 3 aromatic rings. The lowest BCUT2D eigenvalue weighted by Gasteiger charge is -2.17. The monoisotopic (exact) mass is 359 g/mol. The highest BCUT2D eigenvalue weighted by atomic mass is 35.5. The first-order chi connectivity index (χ1) is 11.8. The van der Waals surface area contributed by atoms with E-state index in [1.165, 1.54) is 11.6 Å². The van der Waals surface area contributed by atoms with Crippen LogP contribution < -0.4 is 22.7 Å². The van der Waals surface area contributed by atoms with Gasteiger partial charge in [0.15, 0.2) is 5.65 Å². The number of rotatable bonds is 2. The first-order valence-corrected chi connectivity index (χ1v) is 8.00. The average molecular weight is 360 g/mol. The molecule has 0 amide bonds. The highest BCUT2D eigenvalue weighted by molar-refractivity contribution is 6.34. The summed E-state index contributed by atoms with van der Waals surface area (Å²) in [6.07, 6.45) is 0. The molecule has 1 aromatic carbocycles. The Balaban J connectivity index is 2.65. The van der Waals surface area contributed by atoms with Crippen molar-refractivity contribution in [2.45, 2.75) is 13.5 Å². The minimum absolute atomic E-state index is 0.0836. The Morgan fingerprint density at radius 3 is 2.48 bits per heavy atom. The van der Waals surface area contributed by atoms with Crippen molar-refractivity contribution in [1.29, 1.82) is 0 Å². The SMILES string of the molecule is Cc1ccc(-c2c(CN)c(N)nc3c2c(=O)n(C)c(=O)n3C)c(Cl)c1. The maximum absolute atomic E-state index is 12.8. The molecular weight excluding hydrogens is 342 g/mol. The van der Waals surface area contributed by atoms with Gasteiger partial charge in [-0.05, 0) is 18.6 Å². The van der Waals surface area contributed by atoms with Crippen LogP contribution in [-0.2, 0) is 20.6 Å². The molecule has 0 fully saturated rings. The smallest absolute Gasteiger partial charge is 0.332 e. The molecule has 8 heteroatoms. The fourth-order valence-corrected chi connectivity index (χ4v) is 3.30. The number of nitrogens with two attached hydrogens (primary N) is 2. The van der Waals surface area contributed by atoms with Crippen molar-refractivity contribution in [3.63, 3.8) is 0 Å². The van der Waals surface area contributed by atoms with Crippen molar-refractivity contribution in [1.82, 2.24) is 14.1 Å². The van der Waals surface area contributed by atoms with Gasteiger partial charge >= 0.3 is 5.69 Å². The summed E-state index contributed by atoms with van der Waals surface area (Å²) >= 11 is 6.43. The molecule has 4 N–H and O–H groups in total. The van der Waals surface area contributed by atoms with Gasteiger partial charge in [-0.1, -0.05) is 23.7 Å². The number of benzene rings is 1. The number of pyridine rings is 1. The molecule has 0 bridgehead atoms. The number of nitrogen functional groups attached to an aromatic ring is 1. The van der Waals surface area contributed by atoms with E-state index in [4.69, 9.17) is 23.1 Å². The molecule has 0 aliphatic carbocycles. The molecule has 130 valence electrons. The fourth-order valence-electron chi connectivity index (χ4n) is 2.97. The number of anilines is 1. The topological polar surface area (TPSA) is 109 Å². The molecule has 0 unspecified atom stereocenters. The number of hydrogen-bond donors (Lipinski definition) is 2. The highest BCUT2D eigenvalue weighted by Crippen LogP contribution is 2.36. The molecule has 2 heterocycles. The van der Waals surface area contributed by atoms with Crippen LogP contribution in [0.15, 0.2) is 27.8 Å².